The van der Waals surface area contributed by atoms with Gasteiger partial charge in [0.05, 0.1) is 4.75 Å². The van der Waals surface area contributed by atoms with Crippen molar-refractivity contribution in [3.63, 3.8) is 0 Å². The van der Waals surface area contributed by atoms with E-state index in [0.29, 0.717) is 13.0 Å². The van der Waals surface area contributed by atoms with E-state index in [1.165, 1.54) is 11.8 Å². The first-order chi connectivity index (χ1) is 5.54. The summed E-state index contributed by atoms with van der Waals surface area (Å²) >= 11 is 1.52. The molecule has 0 saturated heterocycles. The molecule has 4 nitrogen and oxygen atoms in total. The number of nitro groups is 1. The Morgan fingerprint density at radius 3 is 2.58 bits per heavy atom. The van der Waals surface area contributed by atoms with Crippen LogP contribution in [0.4, 0.5) is 0 Å². The highest BCUT2D eigenvalue weighted by Crippen LogP contribution is 2.26. The van der Waals surface area contributed by atoms with Gasteiger partial charge in [-0.15, -0.1) is 0 Å². The summed E-state index contributed by atoms with van der Waals surface area (Å²) in [6.07, 6.45) is 2.60. The monoisotopic (exact) mass is 193 g/mol. The van der Waals surface area contributed by atoms with Gasteiger partial charge in [-0.1, -0.05) is 0 Å². The molecule has 1 atom stereocenters. The van der Waals surface area contributed by atoms with Crippen LogP contribution in [-0.4, -0.2) is 36.2 Å². The average molecular weight is 193 g/mol. The molecule has 0 rings (SSSR count). The molecule has 72 valence electrons. The lowest BCUT2D eigenvalue weighted by molar-refractivity contribution is -0.484. The molecular weight excluding hydrogens is 178 g/mol. The van der Waals surface area contributed by atoms with E-state index < -0.39 is 0 Å². The van der Waals surface area contributed by atoms with Gasteiger partial charge < -0.3 is 4.74 Å². The number of ether oxygens (including phenoxy) is 1. The largest absolute Gasteiger partial charge is 0.385 e. The van der Waals surface area contributed by atoms with E-state index in [1.54, 1.807) is 7.11 Å². The third-order valence-corrected chi connectivity index (χ3v) is 3.11. The van der Waals surface area contributed by atoms with Crippen LogP contribution in [0.3, 0.4) is 0 Å². The fourth-order valence-electron chi connectivity index (χ4n) is 0.837. The van der Waals surface area contributed by atoms with Gasteiger partial charge in [-0.2, -0.15) is 11.8 Å². The molecule has 0 saturated carbocycles. The molecule has 0 aliphatic rings. The maximum Gasteiger partial charge on any atom is 0.218 e. The van der Waals surface area contributed by atoms with E-state index in [0.717, 1.165) is 0 Å². The normalized spacial score (nSPS) is 15.6. The van der Waals surface area contributed by atoms with Crippen LogP contribution in [-0.2, 0) is 4.74 Å². The Labute approximate surface area is 76.8 Å². The summed E-state index contributed by atoms with van der Waals surface area (Å²) in [5, 5.41) is 10.3. The van der Waals surface area contributed by atoms with Crippen molar-refractivity contribution >= 4 is 11.8 Å². The second-order valence-electron chi connectivity index (χ2n) is 2.89. The number of nitrogens with zero attached hydrogens (tertiary/aromatic N) is 1. The van der Waals surface area contributed by atoms with Gasteiger partial charge in [0.25, 0.3) is 0 Å². The molecule has 0 radical (unpaired) electrons. The highest BCUT2D eigenvalue weighted by atomic mass is 32.2. The minimum absolute atomic E-state index is 0.00245. The second kappa shape index (κ2) is 5.37. The van der Waals surface area contributed by atoms with Crippen LogP contribution in [0.25, 0.3) is 0 Å². The fourth-order valence-corrected chi connectivity index (χ4v) is 1.36. The van der Waals surface area contributed by atoms with Crippen molar-refractivity contribution < 1.29 is 9.66 Å². The molecule has 0 fully saturated rings. The summed E-state index contributed by atoms with van der Waals surface area (Å²) < 4.78 is 4.59. The van der Waals surface area contributed by atoms with Crippen molar-refractivity contribution in [2.75, 3.05) is 26.5 Å². The average Bonchev–Trinajstić information content (AvgIpc) is 2.00. The van der Waals surface area contributed by atoms with Gasteiger partial charge in [-0.05, 0) is 19.6 Å². The molecule has 0 spiro atoms. The molecule has 0 aliphatic carbocycles. The van der Waals surface area contributed by atoms with E-state index in [9.17, 15) is 10.1 Å². The van der Waals surface area contributed by atoms with E-state index in [1.807, 2.05) is 13.2 Å². The first kappa shape index (κ1) is 11.7. The van der Waals surface area contributed by atoms with Crippen molar-refractivity contribution in [2.24, 2.45) is 0 Å². The van der Waals surface area contributed by atoms with Gasteiger partial charge in [0.1, 0.15) is 0 Å². The smallest absolute Gasteiger partial charge is 0.218 e. The number of hydrogen-bond donors (Lipinski definition) is 0. The van der Waals surface area contributed by atoms with Gasteiger partial charge in [0, 0.05) is 18.6 Å². The fraction of sp³-hybridized carbons (Fsp3) is 1.00. The minimum atomic E-state index is -0.292. The predicted molar refractivity (Wildman–Crippen MR) is 50.3 cm³/mol. The maximum absolute atomic E-state index is 10.3. The summed E-state index contributed by atoms with van der Waals surface area (Å²) in [6, 6.07) is 0. The molecule has 5 heteroatoms. The molecule has 12 heavy (non-hydrogen) atoms. The summed E-state index contributed by atoms with van der Waals surface area (Å²) in [6.45, 7) is 2.46. The van der Waals surface area contributed by atoms with Gasteiger partial charge in [-0.25, -0.2) is 0 Å². The highest BCUT2D eigenvalue weighted by Gasteiger charge is 2.28. The number of methoxy groups -OCH3 is 1. The third-order valence-electron chi connectivity index (χ3n) is 1.79. The summed E-state index contributed by atoms with van der Waals surface area (Å²) in [5.41, 5.74) is 0. The first-order valence-electron chi connectivity index (χ1n) is 3.70. The van der Waals surface area contributed by atoms with Crippen LogP contribution < -0.4 is 0 Å². The quantitative estimate of drug-likeness (QED) is 0.473. The Morgan fingerprint density at radius 2 is 2.25 bits per heavy atom. The minimum Gasteiger partial charge on any atom is -0.385 e. The standard InChI is InChI=1S/C7H15NO3S/c1-7(12-3,4-5-11-2)6-8(9)10/h4-6H2,1-3H3. The Morgan fingerprint density at radius 1 is 1.67 bits per heavy atom. The Hall–Kier alpha value is -0.290. The number of hydrogen-bond acceptors (Lipinski definition) is 4. The zero-order chi connectivity index (χ0) is 9.61. The Balaban J connectivity index is 3.95. The van der Waals surface area contributed by atoms with Crippen LogP contribution in [0, 0.1) is 10.1 Å². The summed E-state index contributed by atoms with van der Waals surface area (Å²) in [4.78, 5) is 10.0. The summed E-state index contributed by atoms with van der Waals surface area (Å²) in [7, 11) is 1.60. The van der Waals surface area contributed by atoms with Crippen molar-refractivity contribution in [1.82, 2.24) is 0 Å². The lowest BCUT2D eigenvalue weighted by Gasteiger charge is -2.21. The molecule has 0 aromatic heterocycles. The highest BCUT2D eigenvalue weighted by molar-refractivity contribution is 8.00. The molecule has 0 heterocycles. The van der Waals surface area contributed by atoms with Crippen molar-refractivity contribution in [1.29, 1.82) is 0 Å². The molecule has 0 N–H and O–H groups in total. The van der Waals surface area contributed by atoms with E-state index >= 15 is 0 Å². The first-order valence-corrected chi connectivity index (χ1v) is 4.92. The Kier molecular flexibility index (Phi) is 5.24. The Bertz CT molecular complexity index is 154. The lowest BCUT2D eigenvalue weighted by atomic mass is 10.1. The lowest BCUT2D eigenvalue weighted by Crippen LogP contribution is -2.31. The molecule has 0 aromatic rings. The van der Waals surface area contributed by atoms with E-state index in [2.05, 4.69) is 0 Å². The molecule has 0 amide bonds. The molecule has 1 unspecified atom stereocenters. The van der Waals surface area contributed by atoms with Crippen LogP contribution in [0.2, 0.25) is 0 Å². The number of rotatable bonds is 6. The molecular formula is C7H15NO3S. The molecule has 0 aliphatic heterocycles. The van der Waals surface area contributed by atoms with E-state index in [4.69, 9.17) is 4.74 Å². The van der Waals surface area contributed by atoms with Gasteiger partial charge in [0.15, 0.2) is 0 Å². The zero-order valence-electron chi connectivity index (χ0n) is 7.70. The third kappa shape index (κ3) is 4.56. The topological polar surface area (TPSA) is 52.4 Å². The molecule has 0 aromatic carbocycles. The zero-order valence-corrected chi connectivity index (χ0v) is 8.52. The van der Waals surface area contributed by atoms with Crippen molar-refractivity contribution in [3.8, 4) is 0 Å². The van der Waals surface area contributed by atoms with Crippen LogP contribution in [0.1, 0.15) is 13.3 Å². The van der Waals surface area contributed by atoms with Gasteiger partial charge >= 0.3 is 0 Å². The predicted octanol–water partition coefficient (Wildman–Crippen LogP) is 1.42. The van der Waals surface area contributed by atoms with Crippen molar-refractivity contribution in [3.05, 3.63) is 10.1 Å². The van der Waals surface area contributed by atoms with Crippen molar-refractivity contribution in [2.45, 2.75) is 18.1 Å². The SMILES string of the molecule is COCCC(C)(C[N+](=O)[O-])SC. The van der Waals surface area contributed by atoms with E-state index in [-0.39, 0.29) is 16.2 Å². The molecule has 0 bridgehead atoms. The van der Waals surface area contributed by atoms with Crippen LogP contribution in [0.15, 0.2) is 0 Å². The van der Waals surface area contributed by atoms with Crippen LogP contribution in [0.5, 0.6) is 0 Å². The number of thioether (sulfide) groups is 1. The van der Waals surface area contributed by atoms with Gasteiger partial charge in [-0.3, -0.25) is 10.1 Å². The van der Waals surface area contributed by atoms with Gasteiger partial charge in [0.2, 0.25) is 6.54 Å². The van der Waals surface area contributed by atoms with Crippen LogP contribution >= 0.6 is 11.8 Å². The maximum atomic E-state index is 10.3. The summed E-state index contributed by atoms with van der Waals surface area (Å²) in [5.74, 6) is 0. The second-order valence-corrected chi connectivity index (χ2v) is 4.28.